The first-order valence-electron chi connectivity index (χ1n) is 13.1. The zero-order valence-corrected chi connectivity index (χ0v) is 21.7. The molecule has 8 nitrogen and oxygen atoms in total. The van der Waals surface area contributed by atoms with Crippen molar-refractivity contribution in [3.8, 4) is 11.3 Å². The number of morpholine rings is 1. The van der Waals surface area contributed by atoms with Crippen molar-refractivity contribution in [3.05, 3.63) is 95.6 Å². The van der Waals surface area contributed by atoms with Crippen molar-refractivity contribution in [2.24, 2.45) is 0 Å². The van der Waals surface area contributed by atoms with Crippen LogP contribution in [0.25, 0.3) is 22.0 Å². The summed E-state index contributed by atoms with van der Waals surface area (Å²) in [5.41, 5.74) is 17.4. The zero-order valence-electron chi connectivity index (χ0n) is 21.7. The number of fused-ring (bicyclic) bond motifs is 1. The third kappa shape index (κ3) is 4.77. The Labute approximate surface area is 225 Å². The van der Waals surface area contributed by atoms with Crippen molar-refractivity contribution in [1.82, 2.24) is 19.9 Å². The van der Waals surface area contributed by atoms with Gasteiger partial charge in [-0.05, 0) is 59.8 Å². The van der Waals surface area contributed by atoms with Crippen LogP contribution in [-0.2, 0) is 11.2 Å². The maximum absolute atomic E-state index is 16.6. The summed E-state index contributed by atoms with van der Waals surface area (Å²) >= 11 is 0. The van der Waals surface area contributed by atoms with E-state index in [0.717, 1.165) is 28.3 Å². The number of hydrogen-bond donors (Lipinski definition) is 3. The number of nitrogens with one attached hydrogen (secondary N) is 1. The fraction of sp³-hybridized carbons (Fsp3) is 0.233. The van der Waals surface area contributed by atoms with Crippen molar-refractivity contribution in [2.75, 3.05) is 42.7 Å². The Balaban J connectivity index is 1.57. The van der Waals surface area contributed by atoms with Gasteiger partial charge in [0, 0.05) is 53.9 Å². The van der Waals surface area contributed by atoms with Crippen LogP contribution in [0.4, 0.5) is 21.6 Å². The summed E-state index contributed by atoms with van der Waals surface area (Å²) < 4.78 is 22.1. The number of nitrogens with zero attached hydrogens (tertiary/aromatic N) is 4. The first-order valence-corrected chi connectivity index (χ1v) is 13.1. The molecule has 198 valence electrons. The van der Waals surface area contributed by atoms with E-state index < -0.39 is 5.92 Å². The van der Waals surface area contributed by atoms with Gasteiger partial charge in [0.1, 0.15) is 11.6 Å². The Hall–Kier alpha value is -4.50. The third-order valence-electron chi connectivity index (χ3n) is 7.24. The van der Waals surface area contributed by atoms with Gasteiger partial charge in [-0.25, -0.2) is 14.4 Å². The van der Waals surface area contributed by atoms with Crippen LogP contribution in [0.5, 0.6) is 0 Å². The van der Waals surface area contributed by atoms with Crippen molar-refractivity contribution in [1.29, 1.82) is 0 Å². The van der Waals surface area contributed by atoms with Gasteiger partial charge in [-0.1, -0.05) is 13.0 Å². The quantitative estimate of drug-likeness (QED) is 0.271. The molecule has 1 aliphatic heterocycles. The third-order valence-corrected chi connectivity index (χ3v) is 7.24. The van der Waals surface area contributed by atoms with Crippen LogP contribution in [0, 0.1) is 5.82 Å². The predicted molar refractivity (Wildman–Crippen MR) is 152 cm³/mol. The number of aryl methyl sites for hydroxylation is 1. The molecule has 39 heavy (non-hydrogen) atoms. The molecule has 0 saturated carbocycles. The summed E-state index contributed by atoms with van der Waals surface area (Å²) in [5.74, 6) is -0.0302. The standard InChI is InChI=1S/C30H30FN7O/c1-2-18-12-23(28(31)26(13-18)38-8-10-39-11-9-38)27(30-35-17-25(37-30)19-4-3-7-34-16-19)24-15-20-14-21(32)5-6-22(20)29(33)36-24/h3-7,12-17,27H,2,8-11,32H2,1H3,(H2,33,36)(H,35,37). The molecule has 0 bridgehead atoms. The normalized spacial score (nSPS) is 14.6. The molecule has 5 aromatic rings. The second-order valence-electron chi connectivity index (χ2n) is 9.73. The number of hydrogen-bond acceptors (Lipinski definition) is 7. The van der Waals surface area contributed by atoms with Crippen molar-refractivity contribution >= 4 is 28.0 Å². The van der Waals surface area contributed by atoms with Crippen LogP contribution in [0.3, 0.4) is 0 Å². The molecular weight excluding hydrogens is 493 g/mol. The summed E-state index contributed by atoms with van der Waals surface area (Å²) in [5, 5.41) is 1.63. The molecule has 2 aromatic carbocycles. The van der Waals surface area contributed by atoms with Crippen LogP contribution in [0.1, 0.15) is 35.5 Å². The summed E-state index contributed by atoms with van der Waals surface area (Å²) in [6, 6.07) is 15.1. The molecule has 4 heterocycles. The largest absolute Gasteiger partial charge is 0.399 e. The van der Waals surface area contributed by atoms with E-state index in [-0.39, 0.29) is 5.82 Å². The molecule has 1 atom stereocenters. The molecule has 1 saturated heterocycles. The number of benzene rings is 2. The van der Waals surface area contributed by atoms with Gasteiger partial charge in [-0.2, -0.15) is 0 Å². The SMILES string of the molecule is CCc1cc(C(c2cc3cc(N)ccc3c(N)n2)c2nc(-c3cccnc3)c[nH]2)c(F)c(N2CCOCC2)c1. The number of anilines is 3. The molecule has 1 aliphatic rings. The molecule has 0 radical (unpaired) electrons. The molecular formula is C30H30FN7O. The molecule has 6 rings (SSSR count). The van der Waals surface area contributed by atoms with E-state index >= 15 is 4.39 Å². The number of aromatic amines is 1. The van der Waals surface area contributed by atoms with Gasteiger partial charge in [0.2, 0.25) is 0 Å². The van der Waals surface area contributed by atoms with Crippen LogP contribution in [0.2, 0.25) is 0 Å². The highest BCUT2D eigenvalue weighted by Gasteiger charge is 2.29. The molecule has 0 aliphatic carbocycles. The summed E-state index contributed by atoms with van der Waals surface area (Å²) in [7, 11) is 0. The van der Waals surface area contributed by atoms with Crippen LogP contribution in [-0.4, -0.2) is 46.2 Å². The number of nitrogens with two attached hydrogens (primary N) is 2. The summed E-state index contributed by atoms with van der Waals surface area (Å²) in [6.07, 6.45) is 6.03. The number of aromatic nitrogens is 4. The Morgan fingerprint density at radius 3 is 2.69 bits per heavy atom. The van der Waals surface area contributed by atoms with E-state index in [1.807, 2.05) is 53.6 Å². The first kappa shape index (κ1) is 24.8. The van der Waals surface area contributed by atoms with E-state index in [9.17, 15) is 0 Å². The number of ether oxygens (including phenoxy) is 1. The number of H-pyrrole nitrogens is 1. The maximum atomic E-state index is 16.6. The van der Waals surface area contributed by atoms with Crippen LogP contribution < -0.4 is 16.4 Å². The minimum absolute atomic E-state index is 0.300. The van der Waals surface area contributed by atoms with E-state index in [1.165, 1.54) is 0 Å². The first-order chi connectivity index (χ1) is 19.0. The topological polar surface area (TPSA) is 119 Å². The van der Waals surface area contributed by atoms with E-state index in [4.69, 9.17) is 26.2 Å². The van der Waals surface area contributed by atoms with Crippen molar-refractivity contribution < 1.29 is 9.13 Å². The lowest BCUT2D eigenvalue weighted by Gasteiger charge is -2.31. The van der Waals surface area contributed by atoms with Gasteiger partial charge >= 0.3 is 0 Å². The summed E-state index contributed by atoms with van der Waals surface area (Å²) in [6.45, 7) is 4.44. The molecule has 0 spiro atoms. The van der Waals surface area contributed by atoms with Crippen LogP contribution in [0.15, 0.2) is 67.1 Å². The van der Waals surface area contributed by atoms with E-state index in [2.05, 4.69) is 16.9 Å². The molecule has 5 N–H and O–H groups in total. The fourth-order valence-electron chi connectivity index (χ4n) is 5.21. The monoisotopic (exact) mass is 523 g/mol. The second kappa shape index (κ2) is 10.3. The fourth-order valence-corrected chi connectivity index (χ4v) is 5.21. The van der Waals surface area contributed by atoms with Gasteiger partial charge in [-0.15, -0.1) is 0 Å². The number of nitrogen functional groups attached to an aromatic ring is 2. The Morgan fingerprint density at radius 2 is 1.92 bits per heavy atom. The van der Waals surface area contributed by atoms with Crippen molar-refractivity contribution in [2.45, 2.75) is 19.3 Å². The lowest BCUT2D eigenvalue weighted by Crippen LogP contribution is -2.37. The zero-order chi connectivity index (χ0) is 26.9. The maximum Gasteiger partial charge on any atom is 0.150 e. The van der Waals surface area contributed by atoms with Gasteiger partial charge in [0.15, 0.2) is 5.82 Å². The average Bonchev–Trinajstić information content (AvgIpc) is 3.44. The lowest BCUT2D eigenvalue weighted by molar-refractivity contribution is 0.122. The number of imidazole rings is 1. The Kier molecular flexibility index (Phi) is 6.58. The smallest absolute Gasteiger partial charge is 0.150 e. The second-order valence-corrected chi connectivity index (χ2v) is 9.73. The number of rotatable bonds is 6. The van der Waals surface area contributed by atoms with Gasteiger partial charge < -0.3 is 26.1 Å². The van der Waals surface area contributed by atoms with Crippen molar-refractivity contribution in [3.63, 3.8) is 0 Å². The Morgan fingerprint density at radius 1 is 1.08 bits per heavy atom. The summed E-state index contributed by atoms with van der Waals surface area (Å²) in [4.78, 5) is 19.2. The van der Waals surface area contributed by atoms with Gasteiger partial charge in [0.05, 0.1) is 36.2 Å². The van der Waals surface area contributed by atoms with E-state index in [1.54, 1.807) is 18.5 Å². The van der Waals surface area contributed by atoms with Gasteiger partial charge in [-0.3, -0.25) is 4.98 Å². The van der Waals surface area contributed by atoms with Gasteiger partial charge in [0.25, 0.3) is 0 Å². The molecule has 9 heteroatoms. The molecule has 1 fully saturated rings. The lowest BCUT2D eigenvalue weighted by atomic mass is 9.90. The van der Waals surface area contributed by atoms with Crippen LogP contribution >= 0.6 is 0 Å². The number of halogens is 1. The molecule has 1 unspecified atom stereocenters. The highest BCUT2D eigenvalue weighted by Crippen LogP contribution is 2.38. The average molecular weight is 524 g/mol. The number of pyridine rings is 2. The Bertz CT molecular complexity index is 1630. The molecule has 3 aromatic heterocycles. The predicted octanol–water partition coefficient (Wildman–Crippen LogP) is 4.90. The van der Waals surface area contributed by atoms with E-state index in [0.29, 0.717) is 66.3 Å². The minimum Gasteiger partial charge on any atom is -0.399 e. The highest BCUT2D eigenvalue weighted by atomic mass is 19.1. The highest BCUT2D eigenvalue weighted by molar-refractivity contribution is 5.93. The minimum atomic E-state index is -0.644. The molecule has 0 amide bonds.